The molecular weight excluding hydrogens is 518 g/mol. The van der Waals surface area contributed by atoms with Crippen molar-refractivity contribution in [2.75, 3.05) is 24.1 Å². The van der Waals surface area contributed by atoms with E-state index in [4.69, 9.17) is 14.2 Å². The number of ether oxygens (including phenoxy) is 3. The van der Waals surface area contributed by atoms with Crippen LogP contribution in [0.5, 0.6) is 11.5 Å². The topological polar surface area (TPSA) is 63.6 Å². The number of piperidine rings is 1. The predicted octanol–water partition coefficient (Wildman–Crippen LogP) is 5.72. The van der Waals surface area contributed by atoms with E-state index in [1.807, 2.05) is 0 Å². The number of hydrogen-bond donors (Lipinski definition) is 0. The molecule has 0 amide bonds. The monoisotopic (exact) mass is 549 g/mol. The van der Waals surface area contributed by atoms with Crippen molar-refractivity contribution in [2.45, 2.75) is 69.4 Å². The van der Waals surface area contributed by atoms with Crippen LogP contribution in [0.25, 0.3) is 0 Å². The third kappa shape index (κ3) is 5.35. The molecular formula is C28H31F4N3O4. The maximum absolute atomic E-state index is 14.7. The van der Waals surface area contributed by atoms with Crippen molar-refractivity contribution in [3.63, 3.8) is 0 Å². The number of hydrogen-bond acceptors (Lipinski definition) is 7. The normalized spacial score (nSPS) is 26.4. The number of nitrogens with zero attached hydrogens (tertiary/aromatic N) is 3. The van der Waals surface area contributed by atoms with E-state index in [0.717, 1.165) is 25.7 Å². The maximum atomic E-state index is 14.7. The lowest BCUT2D eigenvalue weighted by molar-refractivity contribution is -0.141. The Morgan fingerprint density at radius 1 is 1.03 bits per heavy atom. The number of alkyl halides is 3. The summed E-state index contributed by atoms with van der Waals surface area (Å²) in [6, 6.07) is 10.9. The van der Waals surface area contributed by atoms with E-state index in [1.165, 1.54) is 25.1 Å². The van der Waals surface area contributed by atoms with Gasteiger partial charge in [-0.2, -0.15) is 18.3 Å². The molecule has 0 aliphatic carbocycles. The third-order valence-electron chi connectivity index (χ3n) is 7.96. The molecule has 0 saturated carbocycles. The number of methoxy groups -OCH3 is 2. The highest BCUT2D eigenvalue weighted by Gasteiger charge is 2.49. The molecule has 2 unspecified atom stereocenters. The number of anilines is 2. The molecule has 2 fully saturated rings. The van der Waals surface area contributed by atoms with E-state index < -0.39 is 29.8 Å². The first kappa shape index (κ1) is 27.1. The standard InChI is InChI=1S/C28H31F4N3O4/c1-16-24(15-26(36)38-3)35(33-27(16)28(30,31)32)17-6-8-20(9-7-17)39-22-12-18-4-5-19(13-22)34(18)25-14-21(37-2)10-11-23(25)29/h6-11,14,16,18-19,22,24H,4-5,12-13,15H2,1-3H3/t16-,18?,19?,22?,24-/m0/s1. The van der Waals surface area contributed by atoms with E-state index in [2.05, 4.69) is 10.0 Å². The van der Waals surface area contributed by atoms with E-state index in [0.29, 0.717) is 22.9 Å². The van der Waals surface area contributed by atoms with Crippen LogP contribution in [0.2, 0.25) is 0 Å². The lowest BCUT2D eigenvalue weighted by Gasteiger charge is -2.40. The molecule has 2 aromatic carbocycles. The van der Waals surface area contributed by atoms with Gasteiger partial charge in [-0.05, 0) is 49.2 Å². The minimum Gasteiger partial charge on any atom is -0.497 e. The van der Waals surface area contributed by atoms with Crippen molar-refractivity contribution in [1.29, 1.82) is 0 Å². The summed E-state index contributed by atoms with van der Waals surface area (Å²) in [6.07, 6.45) is -1.59. The van der Waals surface area contributed by atoms with Gasteiger partial charge in [0.05, 0.1) is 38.1 Å². The van der Waals surface area contributed by atoms with Crippen molar-refractivity contribution >= 4 is 23.1 Å². The van der Waals surface area contributed by atoms with Gasteiger partial charge >= 0.3 is 12.1 Å². The van der Waals surface area contributed by atoms with Crippen molar-refractivity contribution in [2.24, 2.45) is 11.0 Å². The van der Waals surface area contributed by atoms with E-state index in [-0.39, 0.29) is 30.4 Å². The van der Waals surface area contributed by atoms with Crippen LogP contribution in [0.4, 0.5) is 28.9 Å². The summed E-state index contributed by atoms with van der Waals surface area (Å²) in [5, 5.41) is 5.09. The number of carbonyl (C=O) groups is 1. The molecule has 210 valence electrons. The van der Waals surface area contributed by atoms with Gasteiger partial charge in [0.1, 0.15) is 29.1 Å². The Morgan fingerprint density at radius 3 is 2.26 bits per heavy atom. The molecule has 3 aliphatic rings. The summed E-state index contributed by atoms with van der Waals surface area (Å²) in [6.45, 7) is 1.41. The van der Waals surface area contributed by atoms with Gasteiger partial charge in [-0.25, -0.2) is 4.39 Å². The third-order valence-corrected chi connectivity index (χ3v) is 7.96. The average Bonchev–Trinajstić information content (AvgIpc) is 3.37. The van der Waals surface area contributed by atoms with E-state index >= 15 is 0 Å². The fourth-order valence-corrected chi connectivity index (χ4v) is 6.06. The fraction of sp³-hybridized carbons (Fsp3) is 0.500. The van der Waals surface area contributed by atoms with Gasteiger partial charge in [0.15, 0.2) is 0 Å². The van der Waals surface area contributed by atoms with Crippen molar-refractivity contribution in [3.05, 3.63) is 48.3 Å². The van der Waals surface area contributed by atoms with Crippen LogP contribution in [0.1, 0.15) is 39.0 Å². The lowest BCUT2D eigenvalue weighted by Crippen LogP contribution is -2.46. The number of hydrazone groups is 1. The minimum atomic E-state index is -4.60. The number of fused-ring (bicyclic) bond motifs is 2. The number of halogens is 4. The highest BCUT2D eigenvalue weighted by Crippen LogP contribution is 2.43. The molecule has 2 bridgehead atoms. The van der Waals surface area contributed by atoms with E-state index in [9.17, 15) is 22.4 Å². The lowest BCUT2D eigenvalue weighted by atomic mass is 9.94. The molecule has 7 nitrogen and oxygen atoms in total. The van der Waals surface area contributed by atoms with Gasteiger partial charge in [0, 0.05) is 36.9 Å². The Morgan fingerprint density at radius 2 is 1.67 bits per heavy atom. The quantitative estimate of drug-likeness (QED) is 0.325. The number of rotatable bonds is 7. The molecule has 11 heteroatoms. The van der Waals surface area contributed by atoms with Crippen molar-refractivity contribution in [1.82, 2.24) is 0 Å². The molecule has 3 aliphatic heterocycles. The molecule has 4 atom stereocenters. The summed E-state index contributed by atoms with van der Waals surface area (Å²) < 4.78 is 71.6. The Balaban J connectivity index is 1.29. The molecule has 0 N–H and O–H groups in total. The molecule has 5 rings (SSSR count). The van der Waals surface area contributed by atoms with Crippen LogP contribution in [-0.2, 0) is 9.53 Å². The number of esters is 1. The molecule has 0 aromatic heterocycles. The largest absolute Gasteiger partial charge is 0.497 e. The van der Waals surface area contributed by atoms with Crippen LogP contribution in [-0.4, -0.2) is 56.3 Å². The first-order chi connectivity index (χ1) is 18.6. The van der Waals surface area contributed by atoms with E-state index in [1.54, 1.807) is 43.5 Å². The fourth-order valence-electron chi connectivity index (χ4n) is 6.06. The van der Waals surface area contributed by atoms with Crippen LogP contribution in [0.15, 0.2) is 47.6 Å². The first-order valence-electron chi connectivity index (χ1n) is 13.0. The second-order valence-electron chi connectivity index (χ2n) is 10.3. The zero-order valence-electron chi connectivity index (χ0n) is 22.0. The molecule has 0 radical (unpaired) electrons. The van der Waals surface area contributed by atoms with Crippen LogP contribution >= 0.6 is 0 Å². The van der Waals surface area contributed by atoms with Gasteiger partial charge in [-0.1, -0.05) is 6.92 Å². The zero-order chi connectivity index (χ0) is 27.9. The average molecular weight is 550 g/mol. The Hall–Kier alpha value is -3.50. The zero-order valence-corrected chi connectivity index (χ0v) is 22.0. The molecule has 3 heterocycles. The van der Waals surface area contributed by atoms with Gasteiger partial charge in [-0.3, -0.25) is 9.80 Å². The second kappa shape index (κ2) is 10.6. The van der Waals surface area contributed by atoms with Gasteiger partial charge < -0.3 is 19.1 Å². The predicted molar refractivity (Wildman–Crippen MR) is 138 cm³/mol. The minimum absolute atomic E-state index is 0.0768. The number of carbonyl (C=O) groups excluding carboxylic acids is 1. The Bertz CT molecular complexity index is 1220. The van der Waals surface area contributed by atoms with Crippen LogP contribution < -0.4 is 19.4 Å². The summed E-state index contributed by atoms with van der Waals surface area (Å²) in [4.78, 5) is 14.1. The molecule has 0 spiro atoms. The summed E-state index contributed by atoms with van der Waals surface area (Å²) in [7, 11) is 2.76. The van der Waals surface area contributed by atoms with Crippen LogP contribution in [0, 0.1) is 11.7 Å². The summed E-state index contributed by atoms with van der Waals surface area (Å²) in [5.41, 5.74) is 0.0435. The maximum Gasteiger partial charge on any atom is 0.431 e. The smallest absolute Gasteiger partial charge is 0.431 e. The highest BCUT2D eigenvalue weighted by molar-refractivity contribution is 5.96. The molecule has 2 aromatic rings. The molecule has 39 heavy (non-hydrogen) atoms. The highest BCUT2D eigenvalue weighted by atomic mass is 19.4. The Kier molecular flexibility index (Phi) is 7.35. The Labute approximate surface area is 224 Å². The second-order valence-corrected chi connectivity index (χ2v) is 10.3. The van der Waals surface area contributed by atoms with Gasteiger partial charge in [0.2, 0.25) is 0 Å². The first-order valence-corrected chi connectivity index (χ1v) is 13.0. The van der Waals surface area contributed by atoms with Crippen molar-refractivity contribution < 1.29 is 36.6 Å². The number of benzene rings is 2. The van der Waals surface area contributed by atoms with Crippen molar-refractivity contribution in [3.8, 4) is 11.5 Å². The van der Waals surface area contributed by atoms with Gasteiger partial charge in [-0.15, -0.1) is 0 Å². The summed E-state index contributed by atoms with van der Waals surface area (Å²) in [5.74, 6) is -0.695. The SMILES string of the molecule is COC(=O)C[C@H]1[C@H](C)C(C(F)(F)F)=NN1c1ccc(OC2CC3CCC(C2)N3c2cc(OC)ccc2F)cc1. The molecule has 2 saturated heterocycles. The van der Waals surface area contributed by atoms with Gasteiger partial charge in [0.25, 0.3) is 0 Å². The summed E-state index contributed by atoms with van der Waals surface area (Å²) >= 11 is 0. The van der Waals surface area contributed by atoms with Crippen LogP contribution in [0.3, 0.4) is 0 Å².